The molecule has 0 radical (unpaired) electrons. The van der Waals surface area contributed by atoms with Crippen LogP contribution in [0.5, 0.6) is 0 Å². The highest BCUT2D eigenvalue weighted by atomic mass is 16.4. The van der Waals surface area contributed by atoms with E-state index in [4.69, 9.17) is 15.1 Å². The first-order chi connectivity index (χ1) is 6.72. The molecule has 0 aliphatic carbocycles. The third-order valence-electron chi connectivity index (χ3n) is 1.59. The summed E-state index contributed by atoms with van der Waals surface area (Å²) in [6.07, 6.45) is 0.389. The summed E-state index contributed by atoms with van der Waals surface area (Å²) in [5.41, 5.74) is 8.05. The first-order valence-electron chi connectivity index (χ1n) is 4.02. The summed E-state index contributed by atoms with van der Waals surface area (Å²) in [4.78, 5) is 12.8. The van der Waals surface area contributed by atoms with Crippen molar-refractivity contribution in [2.45, 2.75) is 19.4 Å². The molecule has 6 nitrogen and oxygen atoms in total. The first kappa shape index (κ1) is 10.1. The van der Waals surface area contributed by atoms with E-state index in [0.717, 1.165) is 0 Å². The minimum Gasteiger partial charge on any atom is -0.481 e. The average Bonchev–Trinajstić information content (AvgIpc) is 2.59. The van der Waals surface area contributed by atoms with E-state index in [1.54, 1.807) is 12.1 Å². The fourth-order valence-corrected chi connectivity index (χ4v) is 0.973. The van der Waals surface area contributed by atoms with Crippen LogP contribution >= 0.6 is 0 Å². The second kappa shape index (κ2) is 4.94. The number of nitrogens with zero attached hydrogens (tertiary/aromatic N) is 3. The second-order valence-electron chi connectivity index (χ2n) is 2.65. The Labute approximate surface area is 79.8 Å². The molecule has 0 fully saturated rings. The quantitative estimate of drug-likeness (QED) is 0.442. The molecular weight excluding hydrogens is 186 g/mol. The smallest absolute Gasteiger partial charge is 0.303 e. The molecule has 0 aromatic carbocycles. The van der Waals surface area contributed by atoms with E-state index in [1.165, 1.54) is 0 Å². The predicted octanol–water partition coefficient (Wildman–Crippen LogP) is 2.11. The monoisotopic (exact) mass is 195 g/mol. The number of azide groups is 1. The number of aliphatic carboxylic acids is 1. The third kappa shape index (κ3) is 3.20. The van der Waals surface area contributed by atoms with Gasteiger partial charge in [0, 0.05) is 11.3 Å². The Morgan fingerprint density at radius 3 is 2.93 bits per heavy atom. The lowest BCUT2D eigenvalue weighted by molar-refractivity contribution is -0.137. The van der Waals surface area contributed by atoms with Gasteiger partial charge in [-0.2, -0.15) is 0 Å². The molecule has 0 saturated carbocycles. The van der Waals surface area contributed by atoms with Crippen molar-refractivity contribution in [3.63, 3.8) is 0 Å². The van der Waals surface area contributed by atoms with Crippen molar-refractivity contribution in [3.8, 4) is 0 Å². The molecule has 0 aliphatic heterocycles. The van der Waals surface area contributed by atoms with Gasteiger partial charge in [0.25, 0.3) is 0 Å². The topological polar surface area (TPSA) is 99.2 Å². The van der Waals surface area contributed by atoms with Crippen molar-refractivity contribution < 1.29 is 14.3 Å². The molecular formula is C8H9N3O3. The SMILES string of the molecule is [N-]=[N+]=NCc1ccc(CCC(=O)O)o1. The van der Waals surface area contributed by atoms with Crippen LogP contribution in [0.25, 0.3) is 10.4 Å². The highest BCUT2D eigenvalue weighted by Crippen LogP contribution is 2.10. The van der Waals surface area contributed by atoms with Crippen LogP contribution in [-0.2, 0) is 17.8 Å². The lowest BCUT2D eigenvalue weighted by Crippen LogP contribution is -1.96. The third-order valence-corrected chi connectivity index (χ3v) is 1.59. The first-order valence-corrected chi connectivity index (χ1v) is 4.02. The molecule has 6 heteroatoms. The van der Waals surface area contributed by atoms with E-state index in [9.17, 15) is 4.79 Å². The molecule has 1 aromatic rings. The zero-order valence-corrected chi connectivity index (χ0v) is 7.38. The molecule has 74 valence electrons. The molecule has 1 heterocycles. The number of carboxylic acid groups (broad SMARTS) is 1. The molecule has 1 rings (SSSR count). The molecule has 1 aromatic heterocycles. The molecule has 0 amide bonds. The van der Waals surface area contributed by atoms with Crippen LogP contribution < -0.4 is 0 Å². The van der Waals surface area contributed by atoms with E-state index in [2.05, 4.69) is 10.0 Å². The van der Waals surface area contributed by atoms with Gasteiger partial charge in [0.1, 0.15) is 11.5 Å². The summed E-state index contributed by atoms with van der Waals surface area (Å²) < 4.78 is 5.21. The second-order valence-corrected chi connectivity index (χ2v) is 2.65. The summed E-state index contributed by atoms with van der Waals surface area (Å²) in [6, 6.07) is 3.36. The molecule has 0 spiro atoms. The minimum atomic E-state index is -0.863. The van der Waals surface area contributed by atoms with E-state index in [0.29, 0.717) is 17.9 Å². The van der Waals surface area contributed by atoms with Crippen molar-refractivity contribution in [3.05, 3.63) is 34.1 Å². The van der Waals surface area contributed by atoms with Crippen LogP contribution in [0.3, 0.4) is 0 Å². The van der Waals surface area contributed by atoms with Gasteiger partial charge in [0.05, 0.1) is 13.0 Å². The number of furan rings is 1. The summed E-state index contributed by atoms with van der Waals surface area (Å²) in [5, 5.41) is 11.7. The van der Waals surface area contributed by atoms with E-state index < -0.39 is 5.97 Å². The molecule has 0 unspecified atom stereocenters. The van der Waals surface area contributed by atoms with Crippen LogP contribution in [0.4, 0.5) is 0 Å². The zero-order chi connectivity index (χ0) is 10.4. The van der Waals surface area contributed by atoms with Crippen LogP contribution in [0.15, 0.2) is 21.7 Å². The van der Waals surface area contributed by atoms with Gasteiger partial charge < -0.3 is 9.52 Å². The van der Waals surface area contributed by atoms with Crippen LogP contribution in [0.2, 0.25) is 0 Å². The van der Waals surface area contributed by atoms with Crippen LogP contribution in [0, 0.1) is 0 Å². The van der Waals surface area contributed by atoms with Gasteiger partial charge in [-0.1, -0.05) is 5.11 Å². The molecule has 14 heavy (non-hydrogen) atoms. The van der Waals surface area contributed by atoms with Crippen molar-refractivity contribution in [2.24, 2.45) is 5.11 Å². The van der Waals surface area contributed by atoms with E-state index in [-0.39, 0.29) is 13.0 Å². The number of carbonyl (C=O) groups is 1. The molecule has 0 saturated heterocycles. The van der Waals surface area contributed by atoms with Crippen molar-refractivity contribution in [1.29, 1.82) is 0 Å². The van der Waals surface area contributed by atoms with Crippen LogP contribution in [-0.4, -0.2) is 11.1 Å². The molecule has 0 bridgehead atoms. The Balaban J connectivity index is 2.50. The van der Waals surface area contributed by atoms with E-state index in [1.807, 2.05) is 0 Å². The lowest BCUT2D eigenvalue weighted by Gasteiger charge is -1.92. The fraction of sp³-hybridized carbons (Fsp3) is 0.375. The standard InChI is InChI=1S/C8H9N3O3/c9-11-10-5-7-2-1-6(14-7)3-4-8(12)13/h1-2H,3-5H2,(H,12,13). The van der Waals surface area contributed by atoms with Gasteiger partial charge in [0.15, 0.2) is 0 Å². The predicted molar refractivity (Wildman–Crippen MR) is 47.5 cm³/mol. The van der Waals surface area contributed by atoms with Gasteiger partial charge in [-0.15, -0.1) is 0 Å². The minimum absolute atomic E-state index is 0.0362. The van der Waals surface area contributed by atoms with Gasteiger partial charge >= 0.3 is 5.97 Å². The number of rotatable bonds is 5. The van der Waals surface area contributed by atoms with Crippen molar-refractivity contribution in [2.75, 3.05) is 0 Å². The summed E-state index contributed by atoms with van der Waals surface area (Å²) in [7, 11) is 0. The zero-order valence-electron chi connectivity index (χ0n) is 7.38. The maximum Gasteiger partial charge on any atom is 0.303 e. The van der Waals surface area contributed by atoms with Crippen molar-refractivity contribution >= 4 is 5.97 Å². The van der Waals surface area contributed by atoms with Gasteiger partial charge in [-0.05, 0) is 17.7 Å². The molecule has 0 aliphatic rings. The highest BCUT2D eigenvalue weighted by molar-refractivity contribution is 5.66. The average molecular weight is 195 g/mol. The van der Waals surface area contributed by atoms with E-state index >= 15 is 0 Å². The molecule has 0 atom stereocenters. The Bertz CT molecular complexity index is 366. The number of aryl methyl sites for hydroxylation is 1. The summed E-state index contributed by atoms with van der Waals surface area (Å²) >= 11 is 0. The Morgan fingerprint density at radius 2 is 2.29 bits per heavy atom. The van der Waals surface area contributed by atoms with Gasteiger partial charge in [-0.25, -0.2) is 0 Å². The normalized spacial score (nSPS) is 9.43. The fourth-order valence-electron chi connectivity index (χ4n) is 0.973. The number of hydrogen-bond donors (Lipinski definition) is 1. The summed E-state index contributed by atoms with van der Waals surface area (Å²) in [6.45, 7) is 0.156. The highest BCUT2D eigenvalue weighted by Gasteiger charge is 2.03. The van der Waals surface area contributed by atoms with Gasteiger partial charge in [-0.3, -0.25) is 4.79 Å². The lowest BCUT2D eigenvalue weighted by atomic mass is 10.2. The maximum atomic E-state index is 10.2. The number of carboxylic acids is 1. The Kier molecular flexibility index (Phi) is 3.58. The summed E-state index contributed by atoms with van der Waals surface area (Å²) in [5.74, 6) is 0.275. The molecule has 1 N–H and O–H groups in total. The Morgan fingerprint density at radius 1 is 1.57 bits per heavy atom. The Hall–Kier alpha value is -1.94. The largest absolute Gasteiger partial charge is 0.481 e. The number of hydrogen-bond acceptors (Lipinski definition) is 3. The van der Waals surface area contributed by atoms with Gasteiger partial charge in [0.2, 0.25) is 0 Å². The van der Waals surface area contributed by atoms with Crippen LogP contribution in [0.1, 0.15) is 17.9 Å². The van der Waals surface area contributed by atoms with Crippen molar-refractivity contribution in [1.82, 2.24) is 0 Å². The maximum absolute atomic E-state index is 10.2.